The van der Waals surface area contributed by atoms with Crippen LogP contribution in [0.5, 0.6) is 11.5 Å². The van der Waals surface area contributed by atoms with E-state index in [2.05, 4.69) is 0 Å². The molecule has 0 spiro atoms. The van der Waals surface area contributed by atoms with Crippen molar-refractivity contribution in [2.24, 2.45) is 0 Å². The molecule has 0 aliphatic rings. The van der Waals surface area contributed by atoms with Crippen molar-refractivity contribution >= 4 is 17.9 Å². The lowest BCUT2D eigenvalue weighted by Gasteiger charge is -2.07. The van der Waals surface area contributed by atoms with Crippen LogP contribution in [0, 0.1) is 0 Å². The van der Waals surface area contributed by atoms with Crippen molar-refractivity contribution in [2.75, 3.05) is 7.11 Å². The molecule has 0 aromatic heterocycles. The van der Waals surface area contributed by atoms with Gasteiger partial charge in [-0.1, -0.05) is 11.6 Å². The first-order valence-electron chi connectivity index (χ1n) is 4.18. The average Bonchev–Trinajstić information content (AvgIpc) is 2.18. The van der Waals surface area contributed by atoms with Crippen LogP contribution in [-0.4, -0.2) is 18.5 Å². The van der Waals surface area contributed by atoms with E-state index in [1.54, 1.807) is 6.07 Å². The number of carbonyl (C=O) groups excluding carboxylic acids is 1. The zero-order valence-electron chi connectivity index (χ0n) is 7.79. The maximum absolute atomic E-state index is 10.2. The van der Waals surface area contributed by atoms with Crippen LogP contribution < -0.4 is 4.74 Å². The summed E-state index contributed by atoms with van der Waals surface area (Å²) in [6.45, 7) is 0. The van der Waals surface area contributed by atoms with E-state index in [9.17, 15) is 9.90 Å². The Morgan fingerprint density at radius 3 is 2.86 bits per heavy atom. The molecule has 0 heterocycles. The Hall–Kier alpha value is -1.22. The molecule has 4 heteroatoms. The predicted molar refractivity (Wildman–Crippen MR) is 54.1 cm³/mol. The van der Waals surface area contributed by atoms with Crippen LogP contribution in [0.25, 0.3) is 0 Å². The van der Waals surface area contributed by atoms with Gasteiger partial charge in [0.2, 0.25) is 0 Å². The third-order valence-electron chi connectivity index (χ3n) is 1.88. The molecule has 3 nitrogen and oxygen atoms in total. The lowest BCUT2D eigenvalue weighted by atomic mass is 10.1. The molecule has 1 aromatic rings. The molecule has 0 aliphatic carbocycles. The van der Waals surface area contributed by atoms with Gasteiger partial charge >= 0.3 is 0 Å². The van der Waals surface area contributed by atoms with E-state index in [1.165, 1.54) is 13.2 Å². The van der Waals surface area contributed by atoms with Crippen LogP contribution in [0.1, 0.15) is 12.0 Å². The lowest BCUT2D eigenvalue weighted by molar-refractivity contribution is -0.107. The quantitative estimate of drug-likeness (QED) is 0.782. The van der Waals surface area contributed by atoms with Crippen molar-refractivity contribution in [3.8, 4) is 11.5 Å². The molecular weight excluding hydrogens is 204 g/mol. The van der Waals surface area contributed by atoms with Gasteiger partial charge in [0.05, 0.1) is 12.1 Å². The lowest BCUT2D eigenvalue weighted by Crippen LogP contribution is -1.90. The maximum Gasteiger partial charge on any atom is 0.141 e. The number of hydrogen-bond acceptors (Lipinski definition) is 3. The van der Waals surface area contributed by atoms with Gasteiger partial charge in [-0.3, -0.25) is 0 Å². The Morgan fingerprint density at radius 2 is 2.29 bits per heavy atom. The third-order valence-corrected chi connectivity index (χ3v) is 2.18. The zero-order valence-corrected chi connectivity index (χ0v) is 8.54. The van der Waals surface area contributed by atoms with Gasteiger partial charge in [0.15, 0.2) is 0 Å². The molecule has 0 unspecified atom stereocenters. The van der Waals surface area contributed by atoms with Crippen LogP contribution in [0.15, 0.2) is 12.1 Å². The first-order chi connectivity index (χ1) is 6.69. The van der Waals surface area contributed by atoms with E-state index in [0.717, 1.165) is 6.29 Å². The maximum atomic E-state index is 10.2. The number of phenols is 1. The van der Waals surface area contributed by atoms with Crippen molar-refractivity contribution in [2.45, 2.75) is 12.8 Å². The first-order valence-corrected chi connectivity index (χ1v) is 4.56. The van der Waals surface area contributed by atoms with E-state index < -0.39 is 0 Å². The van der Waals surface area contributed by atoms with Crippen molar-refractivity contribution in [1.29, 1.82) is 0 Å². The molecule has 0 saturated heterocycles. The van der Waals surface area contributed by atoms with E-state index in [4.69, 9.17) is 16.3 Å². The highest BCUT2D eigenvalue weighted by Gasteiger charge is 2.07. The van der Waals surface area contributed by atoms with Crippen LogP contribution in [-0.2, 0) is 11.2 Å². The second kappa shape index (κ2) is 4.86. The number of aryl methyl sites for hydroxylation is 1. The van der Waals surface area contributed by atoms with E-state index in [-0.39, 0.29) is 5.75 Å². The average molecular weight is 215 g/mol. The minimum atomic E-state index is 0.105. The molecule has 14 heavy (non-hydrogen) atoms. The van der Waals surface area contributed by atoms with Crippen molar-refractivity contribution < 1.29 is 14.6 Å². The van der Waals surface area contributed by atoms with E-state index in [1.807, 2.05) is 0 Å². The molecule has 0 aliphatic heterocycles. The second-order valence-electron chi connectivity index (χ2n) is 2.82. The minimum Gasteiger partial charge on any atom is -0.508 e. The number of methoxy groups -OCH3 is 1. The Labute approximate surface area is 87.3 Å². The highest BCUT2D eigenvalue weighted by Crippen LogP contribution is 2.32. The summed E-state index contributed by atoms with van der Waals surface area (Å²) in [5.74, 6) is 0.534. The molecule has 1 aromatic carbocycles. The summed E-state index contributed by atoms with van der Waals surface area (Å²) in [7, 11) is 1.48. The largest absolute Gasteiger partial charge is 0.508 e. The van der Waals surface area contributed by atoms with Crippen LogP contribution in [0.3, 0.4) is 0 Å². The number of ether oxygens (including phenoxy) is 1. The monoisotopic (exact) mass is 214 g/mol. The molecule has 0 atom stereocenters. The fourth-order valence-corrected chi connectivity index (χ4v) is 1.42. The number of carbonyl (C=O) groups is 1. The number of phenolic OH excluding ortho intramolecular Hbond substituents is 1. The molecular formula is C10H11ClO3. The van der Waals surface area contributed by atoms with Crippen molar-refractivity contribution in [3.05, 3.63) is 22.7 Å². The highest BCUT2D eigenvalue weighted by atomic mass is 35.5. The summed E-state index contributed by atoms with van der Waals surface area (Å²) in [6.07, 6.45) is 1.66. The van der Waals surface area contributed by atoms with E-state index >= 15 is 0 Å². The number of halogens is 1. The van der Waals surface area contributed by atoms with Gasteiger partial charge < -0.3 is 14.6 Å². The van der Waals surface area contributed by atoms with Crippen LogP contribution >= 0.6 is 11.6 Å². The van der Waals surface area contributed by atoms with Gasteiger partial charge in [0.1, 0.15) is 17.8 Å². The van der Waals surface area contributed by atoms with Crippen molar-refractivity contribution in [3.63, 3.8) is 0 Å². The van der Waals surface area contributed by atoms with Gasteiger partial charge in [-0.05, 0) is 18.1 Å². The number of aromatic hydroxyl groups is 1. The summed E-state index contributed by atoms with van der Waals surface area (Å²) in [5, 5.41) is 9.96. The van der Waals surface area contributed by atoms with Crippen LogP contribution in [0.2, 0.25) is 5.02 Å². The van der Waals surface area contributed by atoms with Gasteiger partial charge in [-0.2, -0.15) is 0 Å². The molecule has 0 fully saturated rings. The SMILES string of the molecule is COc1cc(O)c(CCC=O)cc1Cl. The van der Waals surface area contributed by atoms with Gasteiger partial charge in [0.25, 0.3) is 0 Å². The molecule has 76 valence electrons. The number of aldehydes is 1. The fourth-order valence-electron chi connectivity index (χ4n) is 1.15. The summed E-state index contributed by atoms with van der Waals surface area (Å²) >= 11 is 5.86. The number of benzene rings is 1. The van der Waals surface area contributed by atoms with Crippen LogP contribution in [0.4, 0.5) is 0 Å². The van der Waals surface area contributed by atoms with E-state index in [0.29, 0.717) is 29.2 Å². The molecule has 0 amide bonds. The zero-order chi connectivity index (χ0) is 10.6. The summed E-state index contributed by atoms with van der Waals surface area (Å²) < 4.78 is 4.92. The molecule has 0 saturated carbocycles. The number of rotatable bonds is 4. The molecule has 1 N–H and O–H groups in total. The fraction of sp³-hybridized carbons (Fsp3) is 0.300. The predicted octanol–water partition coefficient (Wildman–Crippen LogP) is 2.19. The van der Waals surface area contributed by atoms with Gasteiger partial charge in [0, 0.05) is 12.5 Å². The molecule has 0 bridgehead atoms. The van der Waals surface area contributed by atoms with Crippen molar-refractivity contribution in [1.82, 2.24) is 0 Å². The Kier molecular flexibility index (Phi) is 3.77. The Bertz CT molecular complexity index is 336. The normalized spacial score (nSPS) is 9.86. The first kappa shape index (κ1) is 10.9. The van der Waals surface area contributed by atoms with Gasteiger partial charge in [-0.15, -0.1) is 0 Å². The highest BCUT2D eigenvalue weighted by molar-refractivity contribution is 6.32. The Balaban J connectivity index is 2.96. The molecule has 1 rings (SSSR count). The summed E-state index contributed by atoms with van der Waals surface area (Å²) in [5.41, 5.74) is 0.655. The smallest absolute Gasteiger partial charge is 0.141 e. The van der Waals surface area contributed by atoms with Gasteiger partial charge in [-0.25, -0.2) is 0 Å². The minimum absolute atomic E-state index is 0.105. The standard InChI is InChI=1S/C10H11ClO3/c1-14-10-6-9(13)7(3-2-4-12)5-8(10)11/h4-6,13H,2-3H2,1H3. The molecule has 0 radical (unpaired) electrons. The Morgan fingerprint density at radius 1 is 1.57 bits per heavy atom. The summed E-state index contributed by atoms with van der Waals surface area (Å²) in [6, 6.07) is 3.06. The second-order valence-corrected chi connectivity index (χ2v) is 3.23. The third kappa shape index (κ3) is 2.39. The number of hydrogen-bond donors (Lipinski definition) is 1. The summed E-state index contributed by atoms with van der Waals surface area (Å²) in [4.78, 5) is 10.2. The topological polar surface area (TPSA) is 46.5 Å².